The number of nitrogens with zero attached hydrogens (tertiary/aromatic N) is 3. The maximum absolute atomic E-state index is 8.86. The Kier molecular flexibility index (Phi) is 1.69. The van der Waals surface area contributed by atoms with E-state index < -0.39 is 0 Å². The van der Waals surface area contributed by atoms with Crippen LogP contribution in [0.5, 0.6) is 0 Å². The molecule has 0 radical (unpaired) electrons. The van der Waals surface area contributed by atoms with Crippen molar-refractivity contribution in [3.63, 3.8) is 0 Å². The molecule has 1 aromatic rings. The van der Waals surface area contributed by atoms with Gasteiger partial charge >= 0.3 is 0 Å². The maximum atomic E-state index is 8.86. The van der Waals surface area contributed by atoms with E-state index >= 15 is 0 Å². The molecule has 12 heavy (non-hydrogen) atoms. The van der Waals surface area contributed by atoms with Crippen LogP contribution in [0.15, 0.2) is 4.60 Å². The van der Waals surface area contributed by atoms with Crippen LogP contribution in [0.1, 0.15) is 30.0 Å². The van der Waals surface area contributed by atoms with Crippen LogP contribution in [-0.4, -0.2) is 9.78 Å². The monoisotopic (exact) mass is 225 g/mol. The van der Waals surface area contributed by atoms with Gasteiger partial charge in [-0.2, -0.15) is 10.4 Å². The first-order chi connectivity index (χ1) is 5.74. The highest BCUT2D eigenvalue weighted by molar-refractivity contribution is 9.10. The van der Waals surface area contributed by atoms with Gasteiger partial charge in [-0.25, -0.2) is 0 Å². The van der Waals surface area contributed by atoms with E-state index in [4.69, 9.17) is 5.26 Å². The van der Waals surface area contributed by atoms with Gasteiger partial charge in [0.25, 0.3) is 0 Å². The van der Waals surface area contributed by atoms with Crippen molar-refractivity contribution in [3.05, 3.63) is 15.9 Å². The molecule has 1 saturated carbocycles. The average Bonchev–Trinajstić information content (AvgIpc) is 2.82. The summed E-state index contributed by atoms with van der Waals surface area (Å²) < 4.78 is 2.51. The van der Waals surface area contributed by atoms with Crippen molar-refractivity contribution in [3.8, 4) is 6.07 Å². The van der Waals surface area contributed by atoms with Crippen molar-refractivity contribution in [1.29, 1.82) is 5.26 Å². The Morgan fingerprint density at radius 2 is 2.33 bits per heavy atom. The summed E-state index contributed by atoms with van der Waals surface area (Å²) in [6.45, 7) is 0. The molecule has 0 bridgehead atoms. The smallest absolute Gasteiger partial charge is 0.121 e. The highest BCUT2D eigenvalue weighted by Gasteiger charge is 2.30. The molecule has 62 valence electrons. The topological polar surface area (TPSA) is 41.6 Å². The fourth-order valence-electron chi connectivity index (χ4n) is 1.27. The lowest BCUT2D eigenvalue weighted by Gasteiger charge is -1.87. The Labute approximate surface area is 79.1 Å². The van der Waals surface area contributed by atoms with Gasteiger partial charge in [0.05, 0.1) is 5.69 Å². The molecule has 0 aliphatic heterocycles. The zero-order valence-corrected chi connectivity index (χ0v) is 8.30. The molecule has 0 saturated heterocycles. The third-order valence-corrected chi connectivity index (χ3v) is 2.99. The molecular weight excluding hydrogens is 218 g/mol. The van der Waals surface area contributed by atoms with Crippen molar-refractivity contribution in [1.82, 2.24) is 9.78 Å². The van der Waals surface area contributed by atoms with Gasteiger partial charge in [0, 0.05) is 13.0 Å². The minimum Gasteiger partial charge on any atom is -0.260 e. The minimum absolute atomic E-state index is 0.539. The highest BCUT2D eigenvalue weighted by atomic mass is 79.9. The van der Waals surface area contributed by atoms with E-state index in [1.807, 2.05) is 7.05 Å². The number of rotatable bonds is 1. The zero-order chi connectivity index (χ0) is 8.72. The molecular formula is C8H8BrN3. The second-order valence-corrected chi connectivity index (χ2v) is 3.81. The number of halogens is 1. The molecule has 1 aliphatic rings. The van der Waals surface area contributed by atoms with Gasteiger partial charge in [-0.05, 0) is 28.8 Å². The lowest BCUT2D eigenvalue weighted by Crippen LogP contribution is -1.90. The molecule has 0 unspecified atom stereocenters. The van der Waals surface area contributed by atoms with Gasteiger partial charge in [0.1, 0.15) is 16.2 Å². The number of hydrogen-bond acceptors (Lipinski definition) is 2. The summed E-state index contributed by atoms with van der Waals surface area (Å²) in [5.74, 6) is 0.539. The fourth-order valence-corrected chi connectivity index (χ4v) is 1.64. The van der Waals surface area contributed by atoms with Crippen LogP contribution in [0.4, 0.5) is 0 Å². The summed E-state index contributed by atoms with van der Waals surface area (Å²) in [7, 11) is 1.84. The minimum atomic E-state index is 0.539. The highest BCUT2D eigenvalue weighted by Crippen LogP contribution is 2.42. The van der Waals surface area contributed by atoms with Gasteiger partial charge in [-0.3, -0.25) is 4.68 Å². The molecule has 0 N–H and O–H groups in total. The van der Waals surface area contributed by atoms with E-state index in [9.17, 15) is 0 Å². The largest absolute Gasteiger partial charge is 0.260 e. The van der Waals surface area contributed by atoms with Crippen LogP contribution in [-0.2, 0) is 7.05 Å². The van der Waals surface area contributed by atoms with Crippen LogP contribution in [0.25, 0.3) is 0 Å². The lowest BCUT2D eigenvalue weighted by atomic mass is 10.2. The molecule has 0 atom stereocenters. The Morgan fingerprint density at radius 3 is 2.83 bits per heavy atom. The van der Waals surface area contributed by atoms with Crippen LogP contribution in [0, 0.1) is 11.3 Å². The normalized spacial score (nSPS) is 16.1. The second-order valence-electron chi connectivity index (χ2n) is 3.06. The number of hydrogen-bond donors (Lipinski definition) is 0. The quantitative estimate of drug-likeness (QED) is 0.734. The van der Waals surface area contributed by atoms with E-state index in [0.29, 0.717) is 11.5 Å². The van der Waals surface area contributed by atoms with Gasteiger partial charge in [-0.1, -0.05) is 0 Å². The molecule has 3 nitrogen and oxygen atoms in total. The van der Waals surface area contributed by atoms with Crippen LogP contribution in [0.3, 0.4) is 0 Å². The summed E-state index contributed by atoms with van der Waals surface area (Å²) in [6, 6.07) is 2.18. The molecule has 0 aromatic carbocycles. The average molecular weight is 226 g/mol. The number of aryl methyl sites for hydroxylation is 1. The molecule has 1 heterocycles. The van der Waals surface area contributed by atoms with E-state index in [2.05, 4.69) is 27.1 Å². The van der Waals surface area contributed by atoms with Crippen LogP contribution in [0.2, 0.25) is 0 Å². The first-order valence-corrected chi connectivity index (χ1v) is 4.66. The van der Waals surface area contributed by atoms with Gasteiger partial charge in [0.15, 0.2) is 0 Å². The summed E-state index contributed by atoms with van der Waals surface area (Å²) in [5, 5.41) is 13.1. The third-order valence-electron chi connectivity index (χ3n) is 2.08. The Balaban J connectivity index is 2.54. The van der Waals surface area contributed by atoms with Gasteiger partial charge in [-0.15, -0.1) is 0 Å². The van der Waals surface area contributed by atoms with E-state index in [1.165, 1.54) is 12.8 Å². The second kappa shape index (κ2) is 2.60. The lowest BCUT2D eigenvalue weighted by molar-refractivity contribution is 0.729. The maximum Gasteiger partial charge on any atom is 0.121 e. The SMILES string of the molecule is Cn1nc(C2CC2)c(C#N)c1Br. The van der Waals surface area contributed by atoms with Crippen molar-refractivity contribution < 1.29 is 0 Å². The summed E-state index contributed by atoms with van der Waals surface area (Å²) in [4.78, 5) is 0. The molecule has 1 aliphatic carbocycles. The number of aromatic nitrogens is 2. The van der Waals surface area contributed by atoms with E-state index in [1.54, 1.807) is 4.68 Å². The Bertz CT molecular complexity index is 357. The predicted octanol–water partition coefficient (Wildman–Crippen LogP) is 1.93. The molecule has 0 spiro atoms. The van der Waals surface area contributed by atoms with Gasteiger partial charge < -0.3 is 0 Å². The molecule has 4 heteroatoms. The zero-order valence-electron chi connectivity index (χ0n) is 6.71. The first-order valence-electron chi connectivity index (χ1n) is 3.86. The fraction of sp³-hybridized carbons (Fsp3) is 0.500. The first kappa shape index (κ1) is 7.81. The van der Waals surface area contributed by atoms with Crippen molar-refractivity contribution in [2.75, 3.05) is 0 Å². The predicted molar refractivity (Wildman–Crippen MR) is 47.6 cm³/mol. The standard InChI is InChI=1S/C8H8BrN3/c1-12-8(9)6(4-10)7(11-12)5-2-3-5/h5H,2-3H2,1H3. The van der Waals surface area contributed by atoms with E-state index in [-0.39, 0.29) is 0 Å². The molecule has 0 amide bonds. The van der Waals surface area contributed by atoms with Crippen LogP contribution >= 0.6 is 15.9 Å². The number of nitriles is 1. The molecule has 1 fully saturated rings. The van der Waals surface area contributed by atoms with Crippen LogP contribution < -0.4 is 0 Å². The summed E-state index contributed by atoms with van der Waals surface area (Å²) in [5.41, 5.74) is 1.67. The Hall–Kier alpha value is -0.820. The van der Waals surface area contributed by atoms with Gasteiger partial charge in [0.2, 0.25) is 0 Å². The molecule has 2 rings (SSSR count). The van der Waals surface area contributed by atoms with Crippen molar-refractivity contribution in [2.24, 2.45) is 7.05 Å². The Morgan fingerprint density at radius 1 is 1.67 bits per heavy atom. The van der Waals surface area contributed by atoms with Crippen molar-refractivity contribution >= 4 is 15.9 Å². The summed E-state index contributed by atoms with van der Waals surface area (Å²) in [6.07, 6.45) is 2.36. The summed E-state index contributed by atoms with van der Waals surface area (Å²) >= 11 is 3.34. The third kappa shape index (κ3) is 1.05. The molecule has 1 aromatic heterocycles. The van der Waals surface area contributed by atoms with Crippen molar-refractivity contribution in [2.45, 2.75) is 18.8 Å². The van der Waals surface area contributed by atoms with E-state index in [0.717, 1.165) is 10.3 Å².